The minimum atomic E-state index is -3.96. The fraction of sp³-hybridized carbons (Fsp3) is 0.462. The number of carbonyl (C=O) groups excluding carboxylic acids is 1. The van der Waals surface area contributed by atoms with Crippen LogP contribution in [0.2, 0.25) is 0 Å². The molecule has 1 aromatic carbocycles. The van der Waals surface area contributed by atoms with Crippen molar-refractivity contribution in [2.45, 2.75) is 24.7 Å². The number of benzene rings is 1. The Bertz CT molecular complexity index is 609. The molecule has 0 saturated carbocycles. The van der Waals surface area contributed by atoms with Crippen LogP contribution >= 0.6 is 10.7 Å². The van der Waals surface area contributed by atoms with E-state index in [-0.39, 0.29) is 16.6 Å². The first-order valence-corrected chi connectivity index (χ1v) is 8.75. The molecule has 0 radical (unpaired) electrons. The van der Waals surface area contributed by atoms with Gasteiger partial charge < -0.3 is 9.64 Å². The second-order valence-corrected chi connectivity index (χ2v) is 7.07. The third kappa shape index (κ3) is 3.24. The number of carbonyl (C=O) groups is 1. The number of likely N-dealkylation sites (tertiary alicyclic amines) is 1. The second-order valence-electron chi connectivity index (χ2n) is 4.53. The Morgan fingerprint density at radius 1 is 1.35 bits per heavy atom. The predicted molar refractivity (Wildman–Crippen MR) is 75.8 cm³/mol. The van der Waals surface area contributed by atoms with E-state index < -0.39 is 9.05 Å². The zero-order valence-corrected chi connectivity index (χ0v) is 12.7. The van der Waals surface area contributed by atoms with Gasteiger partial charge in [0.25, 0.3) is 15.0 Å². The SMILES string of the molecule is CCOc1ccc(C(=O)N2CCCC2)cc1S(=O)(=O)Cl. The molecule has 7 heteroatoms. The van der Waals surface area contributed by atoms with E-state index in [0.717, 1.165) is 12.8 Å². The lowest BCUT2D eigenvalue weighted by atomic mass is 10.2. The van der Waals surface area contributed by atoms with Crippen LogP contribution in [-0.4, -0.2) is 38.9 Å². The van der Waals surface area contributed by atoms with Crippen molar-refractivity contribution in [2.24, 2.45) is 0 Å². The van der Waals surface area contributed by atoms with Crippen molar-refractivity contribution in [1.29, 1.82) is 0 Å². The topological polar surface area (TPSA) is 63.7 Å². The van der Waals surface area contributed by atoms with Crippen LogP contribution in [0.3, 0.4) is 0 Å². The van der Waals surface area contributed by atoms with E-state index >= 15 is 0 Å². The van der Waals surface area contributed by atoms with Crippen LogP contribution in [0.4, 0.5) is 0 Å². The molecule has 0 atom stereocenters. The summed E-state index contributed by atoms with van der Waals surface area (Å²) in [6.45, 7) is 3.47. The van der Waals surface area contributed by atoms with E-state index in [4.69, 9.17) is 15.4 Å². The lowest BCUT2D eigenvalue weighted by Gasteiger charge is -2.16. The summed E-state index contributed by atoms with van der Waals surface area (Å²) >= 11 is 0. The normalized spacial score (nSPS) is 15.4. The Hall–Kier alpha value is -1.27. The number of amides is 1. The molecule has 110 valence electrons. The van der Waals surface area contributed by atoms with E-state index in [1.807, 2.05) is 0 Å². The lowest BCUT2D eigenvalue weighted by molar-refractivity contribution is 0.0792. The third-order valence-corrected chi connectivity index (χ3v) is 4.49. The second kappa shape index (κ2) is 6.01. The van der Waals surface area contributed by atoms with Crippen molar-refractivity contribution in [3.05, 3.63) is 23.8 Å². The van der Waals surface area contributed by atoms with E-state index in [1.165, 1.54) is 12.1 Å². The summed E-state index contributed by atoms with van der Waals surface area (Å²) in [5, 5.41) is 0. The van der Waals surface area contributed by atoms with Crippen molar-refractivity contribution in [3.8, 4) is 5.75 Å². The van der Waals surface area contributed by atoms with Crippen LogP contribution in [0.15, 0.2) is 23.1 Å². The molecule has 1 amide bonds. The third-order valence-electron chi connectivity index (χ3n) is 3.15. The summed E-state index contributed by atoms with van der Waals surface area (Å²) in [7, 11) is 1.44. The number of hydrogen-bond donors (Lipinski definition) is 0. The van der Waals surface area contributed by atoms with E-state index in [9.17, 15) is 13.2 Å². The molecule has 1 aromatic rings. The van der Waals surface area contributed by atoms with Gasteiger partial charge in [0.15, 0.2) is 0 Å². The van der Waals surface area contributed by atoms with Crippen LogP contribution in [0.1, 0.15) is 30.1 Å². The fourth-order valence-electron chi connectivity index (χ4n) is 2.21. The molecule has 1 fully saturated rings. The number of nitrogens with zero attached hydrogens (tertiary/aromatic N) is 1. The smallest absolute Gasteiger partial charge is 0.265 e. The zero-order valence-electron chi connectivity index (χ0n) is 11.1. The van der Waals surface area contributed by atoms with Crippen LogP contribution < -0.4 is 4.74 Å². The minimum Gasteiger partial charge on any atom is -0.492 e. The summed E-state index contributed by atoms with van der Waals surface area (Å²) in [4.78, 5) is 13.8. The Balaban J connectivity index is 2.38. The summed E-state index contributed by atoms with van der Waals surface area (Å²) in [6.07, 6.45) is 1.95. The maximum atomic E-state index is 12.2. The molecule has 1 saturated heterocycles. The van der Waals surface area contributed by atoms with Gasteiger partial charge >= 0.3 is 0 Å². The quantitative estimate of drug-likeness (QED) is 0.799. The van der Waals surface area contributed by atoms with Crippen molar-refractivity contribution >= 4 is 25.6 Å². The Kier molecular flexibility index (Phi) is 4.55. The summed E-state index contributed by atoms with van der Waals surface area (Å²) < 4.78 is 28.4. The highest BCUT2D eigenvalue weighted by Gasteiger charge is 2.23. The fourth-order valence-corrected chi connectivity index (χ4v) is 3.21. The molecule has 0 aliphatic carbocycles. The minimum absolute atomic E-state index is 0.161. The number of ether oxygens (including phenoxy) is 1. The van der Waals surface area contributed by atoms with Crippen molar-refractivity contribution < 1.29 is 17.9 Å². The summed E-state index contributed by atoms with van der Waals surface area (Å²) in [6, 6.07) is 4.33. The van der Waals surface area contributed by atoms with Gasteiger partial charge in [-0.05, 0) is 38.0 Å². The molecule has 5 nitrogen and oxygen atoms in total. The van der Waals surface area contributed by atoms with E-state index in [0.29, 0.717) is 25.3 Å². The molecule has 2 rings (SSSR count). The molecule has 1 aliphatic heterocycles. The number of hydrogen-bond acceptors (Lipinski definition) is 4. The van der Waals surface area contributed by atoms with Gasteiger partial charge in [-0.1, -0.05) is 0 Å². The maximum Gasteiger partial charge on any atom is 0.265 e. The standard InChI is InChI=1S/C13H16ClNO4S/c1-2-19-11-6-5-10(9-12(11)20(14,17)18)13(16)15-7-3-4-8-15/h5-6,9H,2-4,7-8H2,1H3. The first kappa shape index (κ1) is 15.1. The van der Waals surface area contributed by atoms with E-state index in [2.05, 4.69) is 0 Å². The molecular formula is C13H16ClNO4S. The van der Waals surface area contributed by atoms with Gasteiger partial charge in [0.2, 0.25) is 0 Å². The maximum absolute atomic E-state index is 12.2. The Labute approximate surface area is 122 Å². The first-order chi connectivity index (χ1) is 9.43. The zero-order chi connectivity index (χ0) is 14.8. The van der Waals surface area contributed by atoms with Gasteiger partial charge in [-0.3, -0.25) is 4.79 Å². The average Bonchev–Trinajstić information content (AvgIpc) is 2.91. The lowest BCUT2D eigenvalue weighted by Crippen LogP contribution is -2.27. The molecule has 20 heavy (non-hydrogen) atoms. The molecule has 0 bridgehead atoms. The van der Waals surface area contributed by atoms with Gasteiger partial charge in [0.05, 0.1) is 6.61 Å². The van der Waals surface area contributed by atoms with Crippen molar-refractivity contribution in [1.82, 2.24) is 4.90 Å². The highest BCUT2D eigenvalue weighted by molar-refractivity contribution is 8.13. The molecule has 0 aromatic heterocycles. The first-order valence-electron chi connectivity index (χ1n) is 6.44. The van der Waals surface area contributed by atoms with Crippen molar-refractivity contribution in [2.75, 3.05) is 19.7 Å². The van der Waals surface area contributed by atoms with Crippen LogP contribution in [-0.2, 0) is 9.05 Å². The summed E-state index contributed by atoms with van der Waals surface area (Å²) in [5.41, 5.74) is 0.314. The van der Waals surface area contributed by atoms with Crippen LogP contribution in [0.5, 0.6) is 5.75 Å². The largest absolute Gasteiger partial charge is 0.492 e. The average molecular weight is 318 g/mol. The van der Waals surface area contributed by atoms with Gasteiger partial charge in [-0.15, -0.1) is 0 Å². The predicted octanol–water partition coefficient (Wildman–Crippen LogP) is 2.25. The number of halogens is 1. The van der Waals surface area contributed by atoms with Crippen molar-refractivity contribution in [3.63, 3.8) is 0 Å². The van der Waals surface area contributed by atoms with Crippen LogP contribution in [0, 0.1) is 0 Å². The Morgan fingerprint density at radius 3 is 2.55 bits per heavy atom. The van der Waals surface area contributed by atoms with Gasteiger partial charge in [-0.2, -0.15) is 0 Å². The number of rotatable bonds is 4. The highest BCUT2D eigenvalue weighted by atomic mass is 35.7. The molecule has 0 unspecified atom stereocenters. The van der Waals surface area contributed by atoms with Gasteiger partial charge in [0.1, 0.15) is 10.6 Å². The Morgan fingerprint density at radius 2 is 2.00 bits per heavy atom. The van der Waals surface area contributed by atoms with Gasteiger partial charge in [0, 0.05) is 29.3 Å². The van der Waals surface area contributed by atoms with E-state index in [1.54, 1.807) is 17.9 Å². The molecule has 0 spiro atoms. The van der Waals surface area contributed by atoms with Crippen LogP contribution in [0.25, 0.3) is 0 Å². The molecular weight excluding hydrogens is 302 g/mol. The van der Waals surface area contributed by atoms with Gasteiger partial charge in [-0.25, -0.2) is 8.42 Å². The molecule has 0 N–H and O–H groups in total. The summed E-state index contributed by atoms with van der Waals surface area (Å²) in [5.74, 6) is -0.00686. The highest BCUT2D eigenvalue weighted by Crippen LogP contribution is 2.29. The molecule has 1 heterocycles. The monoisotopic (exact) mass is 317 g/mol. The molecule has 1 aliphatic rings.